The van der Waals surface area contributed by atoms with Crippen LogP contribution in [-0.4, -0.2) is 16.0 Å². The Morgan fingerprint density at radius 3 is 2.28 bits per heavy atom. The minimum Gasteiger partial charge on any atom is -0.310 e. The molecule has 0 aliphatic heterocycles. The van der Waals surface area contributed by atoms with Crippen molar-refractivity contribution >= 4 is 11.6 Å². The van der Waals surface area contributed by atoms with Gasteiger partial charge in [-0.1, -0.05) is 25.4 Å². The van der Waals surface area contributed by atoms with Gasteiger partial charge in [0.05, 0.1) is 0 Å². The maximum atomic E-state index is 5.85. The lowest BCUT2D eigenvalue weighted by molar-refractivity contribution is 0.587. The fraction of sp³-hybridized carbons (Fsp3) is 0.286. The molecule has 1 heterocycles. The van der Waals surface area contributed by atoms with Crippen LogP contribution in [0.3, 0.4) is 0 Å². The zero-order chi connectivity index (χ0) is 13.0. The lowest BCUT2D eigenvalue weighted by Crippen LogP contribution is -2.21. The van der Waals surface area contributed by atoms with E-state index in [0.29, 0.717) is 6.04 Å². The average Bonchev–Trinajstić information content (AvgIpc) is 2.38. The molecule has 1 N–H and O–H groups in total. The molecule has 0 fully saturated rings. The lowest BCUT2D eigenvalue weighted by Gasteiger charge is -2.07. The first-order valence-electron chi connectivity index (χ1n) is 5.95. The van der Waals surface area contributed by atoms with Crippen LogP contribution in [0.15, 0.2) is 36.7 Å². The Morgan fingerprint density at radius 1 is 1.11 bits per heavy atom. The Hall–Kier alpha value is -1.45. The molecule has 0 spiro atoms. The first-order valence-corrected chi connectivity index (χ1v) is 6.33. The molecule has 0 saturated carbocycles. The molecule has 0 aliphatic carbocycles. The van der Waals surface area contributed by atoms with Crippen LogP contribution < -0.4 is 5.32 Å². The smallest absolute Gasteiger partial charge is 0.159 e. The van der Waals surface area contributed by atoms with Crippen molar-refractivity contribution in [3.63, 3.8) is 0 Å². The van der Waals surface area contributed by atoms with Gasteiger partial charge in [-0.2, -0.15) is 0 Å². The zero-order valence-electron chi connectivity index (χ0n) is 10.5. The quantitative estimate of drug-likeness (QED) is 0.918. The second-order valence-electron chi connectivity index (χ2n) is 4.46. The number of hydrogen-bond donors (Lipinski definition) is 1. The molecule has 0 bridgehead atoms. The van der Waals surface area contributed by atoms with E-state index in [2.05, 4.69) is 29.1 Å². The summed E-state index contributed by atoms with van der Waals surface area (Å²) in [5, 5.41) is 4.05. The maximum absolute atomic E-state index is 5.85. The first kappa shape index (κ1) is 13.0. The molecule has 0 atom stereocenters. The van der Waals surface area contributed by atoms with E-state index in [0.717, 1.165) is 28.5 Å². The average molecular weight is 262 g/mol. The van der Waals surface area contributed by atoms with Crippen molar-refractivity contribution in [2.75, 3.05) is 0 Å². The van der Waals surface area contributed by atoms with Crippen LogP contribution in [0.2, 0.25) is 5.02 Å². The summed E-state index contributed by atoms with van der Waals surface area (Å²) < 4.78 is 0. The molecule has 2 rings (SSSR count). The van der Waals surface area contributed by atoms with E-state index >= 15 is 0 Å². The van der Waals surface area contributed by atoms with Crippen LogP contribution >= 0.6 is 11.6 Å². The molecular weight excluding hydrogens is 246 g/mol. The Bertz CT molecular complexity index is 491. The Morgan fingerprint density at radius 2 is 1.72 bits per heavy atom. The van der Waals surface area contributed by atoms with Gasteiger partial charge in [0, 0.05) is 41.1 Å². The third kappa shape index (κ3) is 3.52. The van der Waals surface area contributed by atoms with Crippen LogP contribution in [0.25, 0.3) is 11.4 Å². The molecule has 4 heteroatoms. The van der Waals surface area contributed by atoms with Gasteiger partial charge in [-0.15, -0.1) is 0 Å². The van der Waals surface area contributed by atoms with Crippen LogP contribution in [0.4, 0.5) is 0 Å². The monoisotopic (exact) mass is 261 g/mol. The summed E-state index contributed by atoms with van der Waals surface area (Å²) >= 11 is 5.85. The third-order valence-electron chi connectivity index (χ3n) is 2.52. The second kappa shape index (κ2) is 5.94. The van der Waals surface area contributed by atoms with Gasteiger partial charge in [0.15, 0.2) is 5.82 Å². The topological polar surface area (TPSA) is 37.8 Å². The van der Waals surface area contributed by atoms with Gasteiger partial charge in [0.25, 0.3) is 0 Å². The first-order chi connectivity index (χ1) is 8.65. The fourth-order valence-electron chi connectivity index (χ4n) is 1.52. The molecular formula is C14H16ClN3. The number of nitrogens with one attached hydrogen (secondary N) is 1. The number of rotatable bonds is 4. The van der Waals surface area contributed by atoms with Gasteiger partial charge in [-0.05, 0) is 24.3 Å². The number of benzene rings is 1. The number of aromatic nitrogens is 2. The largest absolute Gasteiger partial charge is 0.310 e. The van der Waals surface area contributed by atoms with Gasteiger partial charge < -0.3 is 5.32 Å². The van der Waals surface area contributed by atoms with Gasteiger partial charge in [0.2, 0.25) is 0 Å². The third-order valence-corrected chi connectivity index (χ3v) is 2.77. The van der Waals surface area contributed by atoms with Crippen LogP contribution in [0, 0.1) is 0 Å². The van der Waals surface area contributed by atoms with Crippen molar-refractivity contribution in [3.05, 3.63) is 47.2 Å². The van der Waals surface area contributed by atoms with Crippen LogP contribution in [0.5, 0.6) is 0 Å². The second-order valence-corrected chi connectivity index (χ2v) is 4.89. The van der Waals surface area contributed by atoms with Crippen molar-refractivity contribution < 1.29 is 0 Å². The molecule has 0 radical (unpaired) electrons. The van der Waals surface area contributed by atoms with E-state index in [9.17, 15) is 0 Å². The van der Waals surface area contributed by atoms with Crippen molar-refractivity contribution in [1.29, 1.82) is 0 Å². The molecule has 0 saturated heterocycles. The highest BCUT2D eigenvalue weighted by Gasteiger charge is 2.02. The Labute approximate surface area is 112 Å². The van der Waals surface area contributed by atoms with E-state index in [1.807, 2.05) is 36.7 Å². The number of halogens is 1. The summed E-state index contributed by atoms with van der Waals surface area (Å²) in [6.45, 7) is 5.02. The molecule has 1 aromatic carbocycles. The molecule has 0 amide bonds. The molecule has 18 heavy (non-hydrogen) atoms. The summed E-state index contributed by atoms with van der Waals surface area (Å²) in [5.41, 5.74) is 2.06. The van der Waals surface area contributed by atoms with Crippen molar-refractivity contribution in [3.8, 4) is 11.4 Å². The van der Waals surface area contributed by atoms with Gasteiger partial charge >= 0.3 is 0 Å². The van der Waals surface area contributed by atoms with Crippen LogP contribution in [0.1, 0.15) is 19.4 Å². The van der Waals surface area contributed by atoms with Crippen molar-refractivity contribution in [2.24, 2.45) is 0 Å². The molecule has 94 valence electrons. The predicted molar refractivity (Wildman–Crippen MR) is 74.5 cm³/mol. The van der Waals surface area contributed by atoms with E-state index in [1.165, 1.54) is 0 Å². The molecule has 2 aromatic rings. The maximum Gasteiger partial charge on any atom is 0.159 e. The standard InChI is InChI=1S/C14H16ClN3/c1-10(2)16-7-11-8-17-14(18-9-11)12-3-5-13(15)6-4-12/h3-6,8-10,16H,7H2,1-2H3. The summed E-state index contributed by atoms with van der Waals surface area (Å²) in [6.07, 6.45) is 3.71. The Balaban J connectivity index is 2.09. The molecule has 1 aromatic heterocycles. The predicted octanol–water partition coefficient (Wildman–Crippen LogP) is 3.30. The minimum absolute atomic E-state index is 0.459. The minimum atomic E-state index is 0.459. The molecule has 3 nitrogen and oxygen atoms in total. The summed E-state index contributed by atoms with van der Waals surface area (Å²) in [5.74, 6) is 0.722. The SMILES string of the molecule is CC(C)NCc1cnc(-c2ccc(Cl)cc2)nc1. The van der Waals surface area contributed by atoms with Crippen molar-refractivity contribution in [1.82, 2.24) is 15.3 Å². The fourth-order valence-corrected chi connectivity index (χ4v) is 1.64. The highest BCUT2D eigenvalue weighted by Crippen LogP contribution is 2.17. The highest BCUT2D eigenvalue weighted by molar-refractivity contribution is 6.30. The molecule has 0 unspecified atom stereocenters. The van der Waals surface area contributed by atoms with Gasteiger partial charge in [-0.3, -0.25) is 0 Å². The summed E-state index contributed by atoms with van der Waals surface area (Å²) in [4.78, 5) is 8.72. The number of hydrogen-bond acceptors (Lipinski definition) is 3. The van der Waals surface area contributed by atoms with E-state index in [1.54, 1.807) is 0 Å². The lowest BCUT2D eigenvalue weighted by atomic mass is 10.2. The zero-order valence-corrected chi connectivity index (χ0v) is 11.3. The number of nitrogens with zero attached hydrogens (tertiary/aromatic N) is 2. The van der Waals surface area contributed by atoms with E-state index in [-0.39, 0.29) is 0 Å². The van der Waals surface area contributed by atoms with Gasteiger partial charge in [0.1, 0.15) is 0 Å². The van der Waals surface area contributed by atoms with Crippen LogP contribution in [-0.2, 0) is 6.54 Å². The van der Waals surface area contributed by atoms with Gasteiger partial charge in [-0.25, -0.2) is 9.97 Å². The molecule has 0 aliphatic rings. The van der Waals surface area contributed by atoms with Crippen molar-refractivity contribution in [2.45, 2.75) is 26.4 Å². The normalized spacial score (nSPS) is 10.9. The van der Waals surface area contributed by atoms with E-state index < -0.39 is 0 Å². The highest BCUT2D eigenvalue weighted by atomic mass is 35.5. The Kier molecular flexibility index (Phi) is 4.28. The van der Waals surface area contributed by atoms with E-state index in [4.69, 9.17) is 11.6 Å². The summed E-state index contributed by atoms with van der Waals surface area (Å²) in [7, 11) is 0. The summed E-state index contributed by atoms with van der Waals surface area (Å²) in [6, 6.07) is 7.98.